The fourth-order valence-electron chi connectivity index (χ4n) is 1.19. The van der Waals surface area contributed by atoms with Crippen LogP contribution in [0.3, 0.4) is 0 Å². The maximum absolute atomic E-state index is 5.57. The van der Waals surface area contributed by atoms with Crippen LogP contribution in [0, 0.1) is 5.92 Å². The standard InChI is InChI=1S/C11H20N2S/c1-8(2)10-7-14-11(13-10)5-4-9(3)6-12/h7-9H,4-6,12H2,1-3H3. The summed E-state index contributed by atoms with van der Waals surface area (Å²) in [6, 6.07) is 0. The van der Waals surface area contributed by atoms with Crippen LogP contribution in [0.25, 0.3) is 0 Å². The van der Waals surface area contributed by atoms with Crippen molar-refractivity contribution in [1.29, 1.82) is 0 Å². The highest BCUT2D eigenvalue weighted by atomic mass is 32.1. The van der Waals surface area contributed by atoms with Crippen LogP contribution >= 0.6 is 11.3 Å². The van der Waals surface area contributed by atoms with Gasteiger partial charge in [0.2, 0.25) is 0 Å². The van der Waals surface area contributed by atoms with Gasteiger partial charge in [0.25, 0.3) is 0 Å². The predicted molar refractivity (Wildman–Crippen MR) is 62.7 cm³/mol. The van der Waals surface area contributed by atoms with Gasteiger partial charge in [0, 0.05) is 5.38 Å². The van der Waals surface area contributed by atoms with E-state index < -0.39 is 0 Å². The molecule has 3 heteroatoms. The van der Waals surface area contributed by atoms with Crippen LogP contribution in [0.5, 0.6) is 0 Å². The molecule has 0 saturated heterocycles. The van der Waals surface area contributed by atoms with Crippen molar-refractivity contribution in [2.24, 2.45) is 11.7 Å². The molecule has 14 heavy (non-hydrogen) atoms. The molecular formula is C11H20N2S. The molecule has 1 unspecified atom stereocenters. The molecule has 2 nitrogen and oxygen atoms in total. The minimum absolute atomic E-state index is 0.548. The maximum Gasteiger partial charge on any atom is 0.0928 e. The quantitative estimate of drug-likeness (QED) is 0.815. The normalized spacial score (nSPS) is 13.5. The monoisotopic (exact) mass is 212 g/mol. The molecule has 0 aliphatic heterocycles. The molecule has 0 spiro atoms. The molecule has 0 saturated carbocycles. The highest BCUT2D eigenvalue weighted by Crippen LogP contribution is 2.19. The van der Waals surface area contributed by atoms with Gasteiger partial charge in [-0.15, -0.1) is 11.3 Å². The second-order valence-corrected chi connectivity index (χ2v) is 5.14. The van der Waals surface area contributed by atoms with Crippen LogP contribution < -0.4 is 5.73 Å². The van der Waals surface area contributed by atoms with Crippen LogP contribution in [0.15, 0.2) is 5.38 Å². The van der Waals surface area contributed by atoms with Gasteiger partial charge in [0.05, 0.1) is 10.7 Å². The Kier molecular flexibility index (Phi) is 4.55. The average Bonchev–Trinajstić information content (AvgIpc) is 2.62. The Morgan fingerprint density at radius 2 is 2.14 bits per heavy atom. The molecule has 0 aliphatic rings. The molecule has 2 N–H and O–H groups in total. The van der Waals surface area contributed by atoms with Crippen molar-refractivity contribution >= 4 is 11.3 Å². The highest BCUT2D eigenvalue weighted by molar-refractivity contribution is 7.09. The molecule has 0 bridgehead atoms. The zero-order valence-corrected chi connectivity index (χ0v) is 10.1. The molecule has 80 valence electrons. The van der Waals surface area contributed by atoms with Crippen molar-refractivity contribution in [2.45, 2.75) is 39.5 Å². The summed E-state index contributed by atoms with van der Waals surface area (Å²) >= 11 is 1.78. The first-order chi connectivity index (χ1) is 6.63. The third kappa shape index (κ3) is 3.39. The Balaban J connectivity index is 2.44. The molecule has 0 fully saturated rings. The van der Waals surface area contributed by atoms with E-state index in [2.05, 4.69) is 31.1 Å². The first kappa shape index (κ1) is 11.7. The summed E-state index contributed by atoms with van der Waals surface area (Å²) in [5.41, 5.74) is 6.80. The number of aromatic nitrogens is 1. The second kappa shape index (κ2) is 5.47. The molecule has 1 atom stereocenters. The molecule has 0 amide bonds. The maximum atomic E-state index is 5.57. The van der Waals surface area contributed by atoms with Gasteiger partial charge < -0.3 is 5.73 Å². The Labute approximate surface area is 90.6 Å². The summed E-state index contributed by atoms with van der Waals surface area (Å²) in [4.78, 5) is 4.59. The van der Waals surface area contributed by atoms with Crippen molar-refractivity contribution in [3.05, 3.63) is 16.1 Å². The van der Waals surface area contributed by atoms with Gasteiger partial charge in [-0.25, -0.2) is 4.98 Å². The van der Waals surface area contributed by atoms with E-state index in [1.807, 2.05) is 0 Å². The topological polar surface area (TPSA) is 38.9 Å². The average molecular weight is 212 g/mol. The second-order valence-electron chi connectivity index (χ2n) is 4.20. The molecule has 0 aromatic carbocycles. The lowest BCUT2D eigenvalue weighted by atomic mass is 10.1. The number of aryl methyl sites for hydroxylation is 1. The number of nitrogens with two attached hydrogens (primary N) is 1. The zero-order valence-electron chi connectivity index (χ0n) is 9.29. The number of hydrogen-bond acceptors (Lipinski definition) is 3. The van der Waals surface area contributed by atoms with Gasteiger partial charge in [-0.3, -0.25) is 0 Å². The summed E-state index contributed by atoms with van der Waals surface area (Å²) in [7, 11) is 0. The van der Waals surface area contributed by atoms with Gasteiger partial charge in [0.15, 0.2) is 0 Å². The van der Waals surface area contributed by atoms with Gasteiger partial charge in [-0.05, 0) is 31.2 Å². The fraction of sp³-hybridized carbons (Fsp3) is 0.727. The van der Waals surface area contributed by atoms with Crippen LogP contribution in [-0.2, 0) is 6.42 Å². The van der Waals surface area contributed by atoms with Gasteiger partial charge in [-0.2, -0.15) is 0 Å². The third-order valence-electron chi connectivity index (χ3n) is 2.41. The van der Waals surface area contributed by atoms with E-state index in [1.54, 1.807) is 11.3 Å². The van der Waals surface area contributed by atoms with E-state index in [-0.39, 0.29) is 0 Å². The lowest BCUT2D eigenvalue weighted by Gasteiger charge is -2.05. The largest absolute Gasteiger partial charge is 0.330 e. The Hall–Kier alpha value is -0.410. The number of rotatable bonds is 5. The van der Waals surface area contributed by atoms with Crippen molar-refractivity contribution in [3.8, 4) is 0 Å². The smallest absolute Gasteiger partial charge is 0.0928 e. The van der Waals surface area contributed by atoms with Crippen LogP contribution in [0.4, 0.5) is 0 Å². The fourth-order valence-corrected chi connectivity index (χ4v) is 2.17. The summed E-state index contributed by atoms with van der Waals surface area (Å²) < 4.78 is 0. The van der Waals surface area contributed by atoms with E-state index in [4.69, 9.17) is 5.73 Å². The summed E-state index contributed by atoms with van der Waals surface area (Å²) in [5.74, 6) is 1.16. The number of nitrogens with zero attached hydrogens (tertiary/aromatic N) is 1. The lowest BCUT2D eigenvalue weighted by molar-refractivity contribution is 0.543. The summed E-state index contributed by atoms with van der Waals surface area (Å²) in [5, 5.41) is 3.43. The molecular weight excluding hydrogens is 192 g/mol. The summed E-state index contributed by atoms with van der Waals surface area (Å²) in [6.07, 6.45) is 2.23. The van der Waals surface area contributed by atoms with Crippen LogP contribution in [-0.4, -0.2) is 11.5 Å². The Morgan fingerprint density at radius 3 is 2.64 bits per heavy atom. The van der Waals surface area contributed by atoms with Crippen molar-refractivity contribution in [2.75, 3.05) is 6.54 Å². The van der Waals surface area contributed by atoms with E-state index in [9.17, 15) is 0 Å². The number of thiazole rings is 1. The minimum Gasteiger partial charge on any atom is -0.330 e. The molecule has 0 aliphatic carbocycles. The van der Waals surface area contributed by atoms with E-state index in [0.717, 1.165) is 19.4 Å². The molecule has 1 aromatic heterocycles. The van der Waals surface area contributed by atoms with Crippen molar-refractivity contribution < 1.29 is 0 Å². The van der Waals surface area contributed by atoms with Crippen LogP contribution in [0.1, 0.15) is 43.8 Å². The van der Waals surface area contributed by atoms with Crippen LogP contribution in [0.2, 0.25) is 0 Å². The minimum atomic E-state index is 0.548. The Bertz CT molecular complexity index is 268. The summed E-state index contributed by atoms with van der Waals surface area (Å²) in [6.45, 7) is 7.34. The predicted octanol–water partition coefficient (Wildman–Crippen LogP) is 2.79. The van der Waals surface area contributed by atoms with E-state index >= 15 is 0 Å². The zero-order chi connectivity index (χ0) is 10.6. The Morgan fingerprint density at radius 1 is 1.43 bits per heavy atom. The first-order valence-electron chi connectivity index (χ1n) is 5.27. The SMILES string of the molecule is CC(CN)CCc1nc(C(C)C)cs1. The van der Waals surface area contributed by atoms with E-state index in [1.165, 1.54) is 10.7 Å². The lowest BCUT2D eigenvalue weighted by Crippen LogP contribution is -2.11. The van der Waals surface area contributed by atoms with Crippen molar-refractivity contribution in [1.82, 2.24) is 4.98 Å². The van der Waals surface area contributed by atoms with Gasteiger partial charge in [-0.1, -0.05) is 20.8 Å². The van der Waals surface area contributed by atoms with E-state index in [0.29, 0.717) is 11.8 Å². The third-order valence-corrected chi connectivity index (χ3v) is 3.34. The van der Waals surface area contributed by atoms with Crippen molar-refractivity contribution in [3.63, 3.8) is 0 Å². The molecule has 0 radical (unpaired) electrons. The molecule has 1 heterocycles. The first-order valence-corrected chi connectivity index (χ1v) is 6.15. The van der Waals surface area contributed by atoms with Gasteiger partial charge >= 0.3 is 0 Å². The highest BCUT2D eigenvalue weighted by Gasteiger charge is 2.06. The van der Waals surface area contributed by atoms with Gasteiger partial charge in [0.1, 0.15) is 0 Å². The number of hydrogen-bond donors (Lipinski definition) is 1. The molecule has 1 rings (SSSR count). The molecule has 1 aromatic rings.